The maximum absolute atomic E-state index is 14.2. The smallest absolute Gasteiger partial charge is 0.338 e. The molecular formula is C23H23F2O5-. The van der Waals surface area contributed by atoms with Gasteiger partial charge in [0.25, 0.3) is 0 Å². The molecule has 0 N–H and O–H groups in total. The van der Waals surface area contributed by atoms with E-state index in [2.05, 4.69) is 0 Å². The quantitative estimate of drug-likeness (QED) is 0.635. The largest absolute Gasteiger partial charge is 0.544 e. The molecule has 1 fully saturated rings. The lowest BCUT2D eigenvalue weighted by Crippen LogP contribution is -2.47. The Kier molecular flexibility index (Phi) is 6.39. The number of carboxylic acid groups (broad SMARTS) is 1. The summed E-state index contributed by atoms with van der Waals surface area (Å²) in [4.78, 5) is 23.4. The van der Waals surface area contributed by atoms with Crippen LogP contribution >= 0.6 is 0 Å². The van der Waals surface area contributed by atoms with Gasteiger partial charge in [0.2, 0.25) is 0 Å². The first-order valence-electron chi connectivity index (χ1n) is 9.85. The first-order valence-corrected chi connectivity index (χ1v) is 9.85. The van der Waals surface area contributed by atoms with Crippen molar-refractivity contribution in [1.82, 2.24) is 0 Å². The zero-order chi connectivity index (χ0) is 21.8. The number of rotatable bonds is 7. The van der Waals surface area contributed by atoms with Gasteiger partial charge in [-0.2, -0.15) is 8.78 Å². The van der Waals surface area contributed by atoms with Gasteiger partial charge in [-0.15, -0.1) is 0 Å². The van der Waals surface area contributed by atoms with Crippen LogP contribution < -0.4 is 9.84 Å². The second-order valence-electron chi connectivity index (χ2n) is 7.74. The monoisotopic (exact) mass is 417 g/mol. The lowest BCUT2D eigenvalue weighted by molar-refractivity contribution is -0.336. The molecule has 0 heterocycles. The zero-order valence-corrected chi connectivity index (χ0v) is 16.6. The standard InChI is InChI=1S/C23H24F2O5/c1-22(14-6-3-7-15-22)30-18-12-10-17(11-13-18)20(26)29-19(23(24,25)21(27)28)16-8-4-2-5-9-16/h2,4-5,8-13,19H,3,6-7,14-15H2,1H3,(H,27,28)/p-1. The number of hydrogen-bond acceptors (Lipinski definition) is 5. The molecule has 2 aromatic carbocycles. The van der Waals surface area contributed by atoms with Gasteiger partial charge in [-0.25, -0.2) is 4.79 Å². The van der Waals surface area contributed by atoms with Gasteiger partial charge in [0, 0.05) is 0 Å². The van der Waals surface area contributed by atoms with E-state index < -0.39 is 24.0 Å². The van der Waals surface area contributed by atoms with Crippen LogP contribution in [0.25, 0.3) is 0 Å². The fourth-order valence-electron chi connectivity index (χ4n) is 3.61. The number of esters is 1. The molecule has 2 aromatic rings. The second-order valence-corrected chi connectivity index (χ2v) is 7.74. The van der Waals surface area contributed by atoms with E-state index in [1.165, 1.54) is 42.8 Å². The third-order valence-corrected chi connectivity index (χ3v) is 5.29. The number of hydrogen-bond donors (Lipinski definition) is 0. The Hall–Kier alpha value is -2.96. The summed E-state index contributed by atoms with van der Waals surface area (Å²) in [5.74, 6) is -7.51. The SMILES string of the molecule is CC1(Oc2ccc(C(=O)OC(c3ccccc3)C(F)(F)C(=O)[O-])cc2)CCCCC1. The minimum absolute atomic E-state index is 0.00577. The van der Waals surface area contributed by atoms with Gasteiger partial charge in [0.05, 0.1) is 5.56 Å². The van der Waals surface area contributed by atoms with Crippen LogP contribution in [0.3, 0.4) is 0 Å². The van der Waals surface area contributed by atoms with Crippen molar-refractivity contribution in [2.24, 2.45) is 0 Å². The summed E-state index contributed by atoms with van der Waals surface area (Å²) in [6.07, 6.45) is 2.93. The number of alkyl halides is 2. The number of carboxylic acids is 1. The first-order chi connectivity index (χ1) is 14.2. The molecule has 5 nitrogen and oxygen atoms in total. The fraction of sp³-hybridized carbons (Fsp3) is 0.391. The molecule has 160 valence electrons. The summed E-state index contributed by atoms with van der Waals surface area (Å²) in [6.45, 7) is 2.04. The Morgan fingerprint density at radius 2 is 1.60 bits per heavy atom. The highest BCUT2D eigenvalue weighted by Gasteiger charge is 2.45. The van der Waals surface area contributed by atoms with E-state index in [1.54, 1.807) is 18.2 Å². The average molecular weight is 417 g/mol. The number of ether oxygens (including phenoxy) is 2. The van der Waals surface area contributed by atoms with Crippen molar-refractivity contribution >= 4 is 11.9 Å². The molecule has 0 bridgehead atoms. The maximum Gasteiger partial charge on any atom is 0.338 e. The highest BCUT2D eigenvalue weighted by atomic mass is 19.3. The van der Waals surface area contributed by atoms with Crippen molar-refractivity contribution in [2.75, 3.05) is 0 Å². The topological polar surface area (TPSA) is 75.7 Å². The van der Waals surface area contributed by atoms with Gasteiger partial charge < -0.3 is 19.4 Å². The minimum Gasteiger partial charge on any atom is -0.544 e. The fourth-order valence-corrected chi connectivity index (χ4v) is 3.61. The highest BCUT2D eigenvalue weighted by molar-refractivity contribution is 5.90. The van der Waals surface area contributed by atoms with Crippen molar-refractivity contribution in [1.29, 1.82) is 0 Å². The van der Waals surface area contributed by atoms with Crippen LogP contribution in [-0.2, 0) is 9.53 Å². The second kappa shape index (κ2) is 8.81. The van der Waals surface area contributed by atoms with Gasteiger partial charge in [-0.1, -0.05) is 36.8 Å². The summed E-state index contributed by atoms with van der Waals surface area (Å²) in [7, 11) is 0. The summed E-state index contributed by atoms with van der Waals surface area (Å²) >= 11 is 0. The van der Waals surface area contributed by atoms with Crippen LogP contribution in [0.15, 0.2) is 54.6 Å². The van der Waals surface area contributed by atoms with E-state index in [0.717, 1.165) is 25.7 Å². The van der Waals surface area contributed by atoms with E-state index in [-0.39, 0.29) is 16.7 Å². The number of benzene rings is 2. The van der Waals surface area contributed by atoms with Gasteiger partial charge in [-0.3, -0.25) is 0 Å². The van der Waals surface area contributed by atoms with E-state index in [9.17, 15) is 23.5 Å². The third-order valence-electron chi connectivity index (χ3n) is 5.29. The van der Waals surface area contributed by atoms with Crippen molar-refractivity contribution in [3.05, 3.63) is 65.7 Å². The number of halogens is 2. The van der Waals surface area contributed by atoms with Crippen LogP contribution in [0.1, 0.15) is 61.1 Å². The summed E-state index contributed by atoms with van der Waals surface area (Å²) in [6, 6.07) is 12.9. The summed E-state index contributed by atoms with van der Waals surface area (Å²) in [5, 5.41) is 10.9. The van der Waals surface area contributed by atoms with Crippen molar-refractivity contribution in [2.45, 2.75) is 56.7 Å². The van der Waals surface area contributed by atoms with Crippen molar-refractivity contribution in [3.63, 3.8) is 0 Å². The maximum atomic E-state index is 14.2. The molecule has 3 rings (SSSR count). The number of carbonyl (C=O) groups is 2. The van der Waals surface area contributed by atoms with E-state index in [1.807, 2.05) is 6.92 Å². The highest BCUT2D eigenvalue weighted by Crippen LogP contribution is 2.36. The van der Waals surface area contributed by atoms with E-state index >= 15 is 0 Å². The summed E-state index contributed by atoms with van der Waals surface area (Å²) in [5.41, 5.74) is -0.411. The van der Waals surface area contributed by atoms with Gasteiger partial charge in [-0.05, 0) is 62.4 Å². The molecule has 0 aliphatic heterocycles. The molecule has 1 aliphatic rings. The number of aliphatic carboxylic acids is 1. The third kappa shape index (κ3) is 4.96. The predicted octanol–water partition coefficient (Wildman–Crippen LogP) is 4.07. The Morgan fingerprint density at radius 3 is 2.17 bits per heavy atom. The molecule has 0 saturated heterocycles. The van der Waals surface area contributed by atoms with Crippen LogP contribution in [0.4, 0.5) is 8.78 Å². The van der Waals surface area contributed by atoms with Gasteiger partial charge in [0.15, 0.2) is 6.10 Å². The molecule has 0 radical (unpaired) electrons. The Morgan fingerprint density at radius 1 is 1.00 bits per heavy atom. The Bertz CT molecular complexity index is 874. The molecule has 1 atom stereocenters. The molecule has 30 heavy (non-hydrogen) atoms. The van der Waals surface area contributed by atoms with E-state index in [0.29, 0.717) is 5.75 Å². The minimum atomic E-state index is -4.39. The van der Waals surface area contributed by atoms with Crippen LogP contribution in [0.2, 0.25) is 0 Å². The van der Waals surface area contributed by atoms with Gasteiger partial charge >= 0.3 is 11.9 Å². The molecule has 1 saturated carbocycles. The molecule has 0 spiro atoms. The molecule has 7 heteroatoms. The van der Waals surface area contributed by atoms with E-state index in [4.69, 9.17) is 9.47 Å². The Balaban J connectivity index is 1.75. The molecule has 0 amide bonds. The van der Waals surface area contributed by atoms with Crippen molar-refractivity contribution < 1.29 is 33.0 Å². The predicted molar refractivity (Wildman–Crippen MR) is 103 cm³/mol. The van der Waals surface area contributed by atoms with Gasteiger partial charge in [0.1, 0.15) is 17.3 Å². The molecule has 0 aromatic heterocycles. The van der Waals surface area contributed by atoms with Crippen LogP contribution in [0.5, 0.6) is 5.75 Å². The first kappa shape index (κ1) is 21.7. The lowest BCUT2D eigenvalue weighted by atomic mass is 9.86. The lowest BCUT2D eigenvalue weighted by Gasteiger charge is -2.34. The van der Waals surface area contributed by atoms with Crippen LogP contribution in [0, 0.1) is 0 Å². The normalized spacial score (nSPS) is 17.0. The molecule has 1 unspecified atom stereocenters. The average Bonchev–Trinajstić information content (AvgIpc) is 2.73. The van der Waals surface area contributed by atoms with Crippen molar-refractivity contribution in [3.8, 4) is 5.75 Å². The summed E-state index contributed by atoms with van der Waals surface area (Å²) < 4.78 is 39.3. The van der Waals surface area contributed by atoms with Crippen LogP contribution in [-0.4, -0.2) is 23.5 Å². The molecular weight excluding hydrogens is 394 g/mol. The molecule has 1 aliphatic carbocycles. The Labute approximate surface area is 173 Å². The number of carbonyl (C=O) groups excluding carboxylic acids is 2. The zero-order valence-electron chi connectivity index (χ0n) is 16.6.